The molecular formula is C23H25F2N3OS. The second kappa shape index (κ2) is 10.1. The Morgan fingerprint density at radius 1 is 0.900 bits per heavy atom. The lowest BCUT2D eigenvalue weighted by molar-refractivity contribution is 0.0373. The fourth-order valence-corrected chi connectivity index (χ4v) is 4.50. The lowest BCUT2D eigenvalue weighted by atomic mass is 10.1. The number of hydrogen-bond acceptors (Lipinski definition) is 5. The lowest BCUT2D eigenvalue weighted by Crippen LogP contribution is -2.36. The van der Waals surface area contributed by atoms with Crippen molar-refractivity contribution in [3.63, 3.8) is 0 Å². The molecule has 1 aromatic heterocycles. The van der Waals surface area contributed by atoms with Crippen molar-refractivity contribution in [1.82, 2.24) is 9.88 Å². The first-order valence-electron chi connectivity index (χ1n) is 10.3. The molecule has 0 saturated carbocycles. The number of hydrogen-bond donors (Lipinski definition) is 1. The normalized spacial score (nSPS) is 14.7. The van der Waals surface area contributed by atoms with Crippen molar-refractivity contribution in [1.29, 1.82) is 0 Å². The quantitative estimate of drug-likeness (QED) is 0.495. The van der Waals surface area contributed by atoms with Crippen LogP contribution in [0.15, 0.2) is 48.5 Å². The first-order valence-corrected chi connectivity index (χ1v) is 11.1. The van der Waals surface area contributed by atoms with Crippen molar-refractivity contribution in [2.75, 3.05) is 44.7 Å². The molecule has 1 N–H and O–H groups in total. The van der Waals surface area contributed by atoms with E-state index in [0.717, 1.165) is 79.1 Å². The number of ether oxygens (including phenoxy) is 1. The van der Waals surface area contributed by atoms with Crippen LogP contribution in [0.3, 0.4) is 0 Å². The first-order chi connectivity index (χ1) is 14.7. The molecule has 1 aliphatic rings. The molecule has 30 heavy (non-hydrogen) atoms. The van der Waals surface area contributed by atoms with Gasteiger partial charge in [0.2, 0.25) is 0 Å². The van der Waals surface area contributed by atoms with Gasteiger partial charge in [0.25, 0.3) is 0 Å². The van der Waals surface area contributed by atoms with Crippen LogP contribution < -0.4 is 5.32 Å². The van der Waals surface area contributed by atoms with Gasteiger partial charge in [0.05, 0.1) is 23.8 Å². The molecule has 2 heterocycles. The van der Waals surface area contributed by atoms with Gasteiger partial charge in [-0.25, -0.2) is 13.8 Å². The number of morpholine rings is 1. The summed E-state index contributed by atoms with van der Waals surface area (Å²) in [5, 5.41) is 4.24. The van der Waals surface area contributed by atoms with Gasteiger partial charge in [-0.3, -0.25) is 4.90 Å². The van der Waals surface area contributed by atoms with E-state index in [1.54, 1.807) is 24.3 Å². The number of nitrogens with zero attached hydrogens (tertiary/aromatic N) is 2. The minimum absolute atomic E-state index is 0.273. The molecule has 0 bridgehead atoms. The van der Waals surface area contributed by atoms with Crippen LogP contribution in [0.4, 0.5) is 13.9 Å². The Balaban J connectivity index is 1.43. The van der Waals surface area contributed by atoms with Gasteiger partial charge in [-0.15, -0.1) is 0 Å². The summed E-state index contributed by atoms with van der Waals surface area (Å²) in [6, 6.07) is 12.7. The van der Waals surface area contributed by atoms with Crippen LogP contribution in [0.2, 0.25) is 0 Å². The summed E-state index contributed by atoms with van der Waals surface area (Å²) in [5.41, 5.74) is 2.52. The fraction of sp³-hybridized carbons (Fsp3) is 0.348. The van der Waals surface area contributed by atoms with E-state index < -0.39 is 0 Å². The third kappa shape index (κ3) is 5.41. The van der Waals surface area contributed by atoms with Gasteiger partial charge in [0, 0.05) is 25.2 Å². The van der Waals surface area contributed by atoms with Crippen LogP contribution in [0.1, 0.15) is 12.8 Å². The zero-order valence-corrected chi connectivity index (χ0v) is 17.6. The molecule has 4 rings (SSSR count). The molecule has 1 aliphatic heterocycles. The molecule has 4 nitrogen and oxygen atoms in total. The van der Waals surface area contributed by atoms with E-state index in [0.29, 0.717) is 0 Å². The highest BCUT2D eigenvalue weighted by atomic mass is 32.1. The van der Waals surface area contributed by atoms with Gasteiger partial charge >= 0.3 is 0 Å². The Morgan fingerprint density at radius 2 is 1.53 bits per heavy atom. The molecule has 1 fully saturated rings. The number of halogens is 2. The van der Waals surface area contributed by atoms with Crippen molar-refractivity contribution in [3.8, 4) is 21.7 Å². The monoisotopic (exact) mass is 429 g/mol. The largest absolute Gasteiger partial charge is 0.379 e. The number of anilines is 1. The van der Waals surface area contributed by atoms with Gasteiger partial charge in [-0.1, -0.05) is 23.5 Å². The topological polar surface area (TPSA) is 37.4 Å². The molecule has 0 amide bonds. The second-order valence-electron chi connectivity index (χ2n) is 7.30. The predicted octanol–water partition coefficient (Wildman–Crippen LogP) is 5.28. The number of benzene rings is 2. The highest BCUT2D eigenvalue weighted by molar-refractivity contribution is 7.19. The van der Waals surface area contributed by atoms with Crippen LogP contribution in [-0.2, 0) is 4.74 Å². The smallest absolute Gasteiger partial charge is 0.183 e. The number of thiazole rings is 1. The van der Waals surface area contributed by atoms with Crippen molar-refractivity contribution in [2.45, 2.75) is 12.8 Å². The van der Waals surface area contributed by atoms with E-state index >= 15 is 0 Å². The summed E-state index contributed by atoms with van der Waals surface area (Å²) in [4.78, 5) is 8.14. The molecule has 1 saturated heterocycles. The van der Waals surface area contributed by atoms with Gasteiger partial charge in [-0.05, 0) is 61.3 Å². The molecule has 2 aromatic carbocycles. The number of nitrogens with one attached hydrogen (secondary N) is 1. The van der Waals surface area contributed by atoms with Crippen molar-refractivity contribution >= 4 is 16.5 Å². The van der Waals surface area contributed by atoms with Gasteiger partial charge in [0.15, 0.2) is 5.13 Å². The van der Waals surface area contributed by atoms with E-state index in [9.17, 15) is 8.78 Å². The summed E-state index contributed by atoms with van der Waals surface area (Å²) in [7, 11) is 0. The highest BCUT2D eigenvalue weighted by Gasteiger charge is 2.15. The standard InChI is InChI=1S/C23H25F2N3OS/c24-19-7-3-17(4-8-19)21-22(18-5-9-20(25)10-6-18)30-23(27-21)26-11-1-2-12-28-13-15-29-16-14-28/h3-10H,1-2,11-16H2,(H,26,27). The summed E-state index contributed by atoms with van der Waals surface area (Å²) < 4.78 is 32.1. The Hall–Kier alpha value is -2.35. The molecule has 158 valence electrons. The Labute approximate surface area is 179 Å². The van der Waals surface area contributed by atoms with Gasteiger partial charge in [-0.2, -0.15) is 0 Å². The summed E-state index contributed by atoms with van der Waals surface area (Å²) in [6.45, 7) is 5.61. The maximum absolute atomic E-state index is 13.4. The van der Waals surface area contributed by atoms with E-state index in [-0.39, 0.29) is 11.6 Å². The third-order valence-electron chi connectivity index (χ3n) is 5.13. The van der Waals surface area contributed by atoms with Gasteiger partial charge < -0.3 is 10.1 Å². The molecule has 0 radical (unpaired) electrons. The molecule has 0 spiro atoms. The first kappa shape index (κ1) is 20.9. The van der Waals surface area contributed by atoms with Gasteiger partial charge in [0.1, 0.15) is 11.6 Å². The molecule has 0 unspecified atom stereocenters. The average molecular weight is 430 g/mol. The van der Waals surface area contributed by atoms with Crippen LogP contribution in [-0.4, -0.2) is 49.3 Å². The number of rotatable bonds is 8. The van der Waals surface area contributed by atoms with E-state index in [4.69, 9.17) is 9.72 Å². The molecule has 7 heteroatoms. The van der Waals surface area contributed by atoms with Crippen molar-refractivity contribution < 1.29 is 13.5 Å². The van der Waals surface area contributed by atoms with Crippen LogP contribution >= 0.6 is 11.3 Å². The van der Waals surface area contributed by atoms with E-state index in [2.05, 4.69) is 10.2 Å². The zero-order chi connectivity index (χ0) is 20.8. The van der Waals surface area contributed by atoms with E-state index in [1.807, 2.05) is 0 Å². The number of aromatic nitrogens is 1. The van der Waals surface area contributed by atoms with Crippen LogP contribution in [0.5, 0.6) is 0 Å². The van der Waals surface area contributed by atoms with E-state index in [1.165, 1.54) is 35.6 Å². The summed E-state index contributed by atoms with van der Waals surface area (Å²) >= 11 is 1.54. The average Bonchev–Trinajstić information content (AvgIpc) is 3.19. The fourth-order valence-electron chi connectivity index (χ4n) is 3.48. The molecule has 3 aromatic rings. The highest BCUT2D eigenvalue weighted by Crippen LogP contribution is 2.39. The van der Waals surface area contributed by atoms with Crippen LogP contribution in [0.25, 0.3) is 21.7 Å². The summed E-state index contributed by atoms with van der Waals surface area (Å²) in [6.07, 6.45) is 2.17. The zero-order valence-electron chi connectivity index (χ0n) is 16.7. The summed E-state index contributed by atoms with van der Waals surface area (Å²) in [5.74, 6) is -0.554. The maximum atomic E-state index is 13.4. The molecular weight excluding hydrogens is 404 g/mol. The second-order valence-corrected chi connectivity index (χ2v) is 8.30. The Morgan fingerprint density at radius 3 is 2.20 bits per heavy atom. The minimum Gasteiger partial charge on any atom is -0.379 e. The van der Waals surface area contributed by atoms with Crippen LogP contribution in [0, 0.1) is 11.6 Å². The minimum atomic E-state index is -0.282. The maximum Gasteiger partial charge on any atom is 0.183 e. The SMILES string of the molecule is Fc1ccc(-c2nc(NCCCCN3CCOCC3)sc2-c2ccc(F)cc2)cc1. The molecule has 0 atom stereocenters. The number of unbranched alkanes of at least 4 members (excludes halogenated alkanes) is 1. The predicted molar refractivity (Wildman–Crippen MR) is 118 cm³/mol. The Bertz CT molecular complexity index is 875. The third-order valence-corrected chi connectivity index (χ3v) is 6.19. The Kier molecular flexibility index (Phi) is 7.04. The molecule has 0 aliphatic carbocycles. The van der Waals surface area contributed by atoms with Crippen molar-refractivity contribution in [3.05, 3.63) is 60.2 Å². The lowest BCUT2D eigenvalue weighted by Gasteiger charge is -2.26. The van der Waals surface area contributed by atoms with Crippen molar-refractivity contribution in [2.24, 2.45) is 0 Å².